The van der Waals surface area contributed by atoms with Gasteiger partial charge in [-0.05, 0) is 48.0 Å². The zero-order chi connectivity index (χ0) is 23.8. The van der Waals surface area contributed by atoms with Gasteiger partial charge >= 0.3 is 0 Å². The summed E-state index contributed by atoms with van der Waals surface area (Å²) in [6, 6.07) is 21.5. The van der Waals surface area contributed by atoms with Crippen molar-refractivity contribution in [3.05, 3.63) is 94.1 Å². The third kappa shape index (κ3) is 4.01. The number of pyridine rings is 1. The van der Waals surface area contributed by atoms with Gasteiger partial charge in [0.25, 0.3) is 5.52 Å². The fraction of sp³-hybridized carbons (Fsp3) is 0.115. The van der Waals surface area contributed by atoms with E-state index in [-0.39, 0.29) is 17.6 Å². The molecule has 168 valence electrons. The number of rotatable bonds is 4. The minimum Gasteiger partial charge on any atom is -0.453 e. The van der Waals surface area contributed by atoms with E-state index in [1.165, 1.54) is 0 Å². The second-order valence-electron chi connectivity index (χ2n) is 8.02. The van der Waals surface area contributed by atoms with Crippen LogP contribution in [0.25, 0.3) is 10.9 Å². The Bertz CT molecular complexity index is 1480. The molecule has 0 spiro atoms. The van der Waals surface area contributed by atoms with Crippen LogP contribution in [0.5, 0.6) is 11.5 Å². The summed E-state index contributed by atoms with van der Waals surface area (Å²) in [6.45, 7) is 0.493. The van der Waals surface area contributed by atoms with Gasteiger partial charge in [0.1, 0.15) is 11.8 Å². The molecule has 1 N–H and O–H groups in total. The summed E-state index contributed by atoms with van der Waals surface area (Å²) >= 11 is 12.6. The number of hydrogen-bond donors (Lipinski definition) is 1. The van der Waals surface area contributed by atoms with Crippen molar-refractivity contribution in [1.29, 1.82) is 5.26 Å². The minimum atomic E-state index is -0.0666. The Hall–Kier alpha value is -3.79. The number of nitrogens with zero attached hydrogens (tertiary/aromatic N) is 3. The van der Waals surface area contributed by atoms with Crippen molar-refractivity contribution in [2.75, 3.05) is 11.4 Å². The van der Waals surface area contributed by atoms with Crippen LogP contribution < -0.4 is 14.4 Å². The first kappa shape index (κ1) is 22.0. The van der Waals surface area contributed by atoms with Gasteiger partial charge in [0.05, 0.1) is 21.0 Å². The Balaban J connectivity index is 1.43. The predicted molar refractivity (Wildman–Crippen MR) is 129 cm³/mol. The molecule has 1 saturated heterocycles. The highest BCUT2D eigenvalue weighted by molar-refractivity contribution is 6.33. The molecule has 8 heteroatoms. The molecule has 0 unspecified atom stereocenters. The molecular formula is C26H18Cl2N3O3+. The Kier molecular flexibility index (Phi) is 5.74. The average molecular weight is 491 g/mol. The van der Waals surface area contributed by atoms with Gasteiger partial charge in [0.15, 0.2) is 5.75 Å². The number of nitriles is 1. The summed E-state index contributed by atoms with van der Waals surface area (Å²) in [7, 11) is 0. The van der Waals surface area contributed by atoms with Gasteiger partial charge in [0, 0.05) is 41.4 Å². The molecule has 0 saturated carbocycles. The zero-order valence-electron chi connectivity index (χ0n) is 17.8. The average Bonchev–Trinajstić information content (AvgIpc) is 3.23. The lowest BCUT2D eigenvalue weighted by molar-refractivity contribution is -0.884. The molecule has 1 amide bonds. The molecule has 1 atom stereocenters. The number of anilines is 1. The zero-order valence-corrected chi connectivity index (χ0v) is 19.3. The molecule has 34 heavy (non-hydrogen) atoms. The Labute approximate surface area is 205 Å². The fourth-order valence-corrected chi connectivity index (χ4v) is 4.57. The maximum absolute atomic E-state index is 12.9. The number of para-hydroxylation sites is 1. The predicted octanol–water partition coefficient (Wildman–Crippen LogP) is 5.86. The summed E-state index contributed by atoms with van der Waals surface area (Å²) in [5, 5.41) is 20.9. The largest absolute Gasteiger partial charge is 0.453 e. The molecule has 3 aromatic carbocycles. The molecular weight excluding hydrogens is 473 g/mol. The SMILES string of the molecule is N#Cc1cccc(Cl)c1Oc1cc([C@H]2CC(=O)N(c3ccc4c(ccc[n+]4O)c3)C2)ccc1Cl. The Morgan fingerprint density at radius 1 is 1.06 bits per heavy atom. The number of benzene rings is 3. The van der Waals surface area contributed by atoms with Gasteiger partial charge in [-0.15, -0.1) is 0 Å². The van der Waals surface area contributed by atoms with Crippen molar-refractivity contribution >= 4 is 45.7 Å². The van der Waals surface area contributed by atoms with Crippen LogP contribution in [-0.4, -0.2) is 17.7 Å². The lowest BCUT2D eigenvalue weighted by Crippen LogP contribution is -2.30. The molecule has 2 heterocycles. The van der Waals surface area contributed by atoms with Crippen LogP contribution in [0, 0.1) is 11.3 Å². The van der Waals surface area contributed by atoms with Crippen molar-refractivity contribution in [1.82, 2.24) is 0 Å². The van der Waals surface area contributed by atoms with E-state index in [2.05, 4.69) is 6.07 Å². The first-order chi connectivity index (χ1) is 16.4. The van der Waals surface area contributed by atoms with E-state index >= 15 is 0 Å². The van der Waals surface area contributed by atoms with E-state index < -0.39 is 0 Å². The second-order valence-corrected chi connectivity index (χ2v) is 8.84. The molecule has 1 fully saturated rings. The summed E-state index contributed by atoms with van der Waals surface area (Å²) in [5.41, 5.74) is 2.63. The van der Waals surface area contributed by atoms with Crippen molar-refractivity contribution in [3.8, 4) is 17.6 Å². The lowest BCUT2D eigenvalue weighted by atomic mass is 9.98. The summed E-state index contributed by atoms with van der Waals surface area (Å²) < 4.78 is 7.00. The number of carbonyl (C=O) groups is 1. The standard InChI is InChI=1S/C26H18Cl2N3O3/c27-21-8-6-16(12-24(21)34-26-18(14-29)3-1-5-22(26)28)19-13-25(32)30(15-19)20-7-9-23-17(11-20)4-2-10-31(23)33/h1-12,19,33H,13,15H2/q+1/t19-/m0/s1. The molecule has 0 bridgehead atoms. The highest BCUT2D eigenvalue weighted by atomic mass is 35.5. The third-order valence-electron chi connectivity index (χ3n) is 5.92. The minimum absolute atomic E-state index is 0.00689. The second kappa shape index (κ2) is 8.86. The van der Waals surface area contributed by atoms with E-state index in [0.717, 1.165) is 21.4 Å². The van der Waals surface area contributed by atoms with E-state index in [1.807, 2.05) is 24.3 Å². The van der Waals surface area contributed by atoms with Gasteiger partial charge in [-0.2, -0.15) is 5.26 Å². The van der Waals surface area contributed by atoms with Crippen LogP contribution in [0.2, 0.25) is 10.0 Å². The number of amides is 1. The first-order valence-corrected chi connectivity index (χ1v) is 11.3. The molecule has 0 aliphatic carbocycles. The molecule has 0 radical (unpaired) electrons. The first-order valence-electron chi connectivity index (χ1n) is 10.5. The smallest absolute Gasteiger partial charge is 0.264 e. The summed E-state index contributed by atoms with van der Waals surface area (Å²) in [4.78, 5) is 14.6. The van der Waals surface area contributed by atoms with Crippen molar-refractivity contribution < 1.29 is 19.5 Å². The molecule has 1 aromatic heterocycles. The van der Waals surface area contributed by atoms with Gasteiger partial charge in [-0.1, -0.05) is 35.3 Å². The van der Waals surface area contributed by atoms with E-state index in [4.69, 9.17) is 27.9 Å². The maximum atomic E-state index is 12.9. The molecule has 4 aromatic rings. The molecule has 1 aliphatic heterocycles. The lowest BCUT2D eigenvalue weighted by Gasteiger charge is -2.18. The molecule has 5 rings (SSSR count). The highest BCUT2D eigenvalue weighted by Crippen LogP contribution is 2.39. The normalized spacial score (nSPS) is 15.5. The number of fused-ring (bicyclic) bond motifs is 1. The van der Waals surface area contributed by atoms with Gasteiger partial charge in [0.2, 0.25) is 12.1 Å². The molecule has 6 nitrogen and oxygen atoms in total. The Morgan fingerprint density at radius 2 is 1.91 bits per heavy atom. The van der Waals surface area contributed by atoms with E-state index in [9.17, 15) is 15.3 Å². The van der Waals surface area contributed by atoms with Crippen LogP contribution in [0.3, 0.4) is 0 Å². The van der Waals surface area contributed by atoms with Gasteiger partial charge in [-0.25, -0.2) is 0 Å². The number of carbonyl (C=O) groups excluding carboxylic acids is 1. The van der Waals surface area contributed by atoms with E-state index in [1.54, 1.807) is 53.6 Å². The number of hydrogen-bond acceptors (Lipinski definition) is 4. The monoisotopic (exact) mass is 490 g/mol. The van der Waals surface area contributed by atoms with Crippen molar-refractivity contribution in [3.63, 3.8) is 0 Å². The quantitative estimate of drug-likeness (QED) is 0.287. The summed E-state index contributed by atoms with van der Waals surface area (Å²) in [6.07, 6.45) is 1.89. The van der Waals surface area contributed by atoms with Gasteiger partial charge < -0.3 is 9.64 Å². The maximum Gasteiger partial charge on any atom is 0.264 e. The Morgan fingerprint density at radius 3 is 2.74 bits per heavy atom. The van der Waals surface area contributed by atoms with Crippen LogP contribution in [0.1, 0.15) is 23.5 Å². The molecule has 1 aliphatic rings. The van der Waals surface area contributed by atoms with Crippen molar-refractivity contribution in [2.24, 2.45) is 0 Å². The number of aromatic nitrogens is 1. The van der Waals surface area contributed by atoms with Crippen LogP contribution >= 0.6 is 23.2 Å². The number of ether oxygens (including phenoxy) is 1. The third-order valence-corrected chi connectivity index (χ3v) is 6.53. The number of halogens is 2. The van der Waals surface area contributed by atoms with Gasteiger partial charge in [-0.3, -0.25) is 10.0 Å². The van der Waals surface area contributed by atoms with E-state index in [0.29, 0.717) is 39.8 Å². The topological polar surface area (TPSA) is 77.4 Å². The van der Waals surface area contributed by atoms with Crippen LogP contribution in [0.4, 0.5) is 5.69 Å². The summed E-state index contributed by atoms with van der Waals surface area (Å²) in [5.74, 6) is 0.551. The van der Waals surface area contributed by atoms with Crippen molar-refractivity contribution in [2.45, 2.75) is 12.3 Å². The highest BCUT2D eigenvalue weighted by Gasteiger charge is 2.32. The van der Waals surface area contributed by atoms with Crippen LogP contribution in [-0.2, 0) is 4.79 Å². The fourth-order valence-electron chi connectivity index (χ4n) is 4.20. The van der Waals surface area contributed by atoms with Crippen LogP contribution in [0.15, 0.2) is 72.9 Å².